The van der Waals surface area contributed by atoms with E-state index in [0.29, 0.717) is 16.8 Å². The van der Waals surface area contributed by atoms with E-state index >= 15 is 0 Å². The number of carbonyl (C=O) groups excluding carboxylic acids is 3. The van der Waals surface area contributed by atoms with Crippen LogP contribution >= 0.6 is 0 Å². The fraction of sp³-hybridized carbons (Fsp3) is 0.538. The molecular formula is C26H37N5O5. The SMILES string of the molecule is CC(C)(C)OC(=O)NC(=N)c1ccc2cc(C(=O)N[C@H]3CC[C@H](NC(=O)OC(C)(C)C)CC3)[nH]c2c1. The van der Waals surface area contributed by atoms with Gasteiger partial charge in [-0.2, -0.15) is 0 Å². The smallest absolute Gasteiger partial charge is 0.413 e. The standard InChI is InChI=1S/C26H37N5O5/c1-25(2,3)35-23(33)29-18-11-9-17(10-12-18)28-22(32)20-13-15-7-8-16(14-19(15)30-20)21(27)31-24(34)36-26(4,5)6/h7-8,13-14,17-18,30H,9-12H2,1-6H3,(H,28,32)(H,29,33)(H2,27,31,34)/t17-,18-. The van der Waals surface area contributed by atoms with Crippen LogP contribution in [0, 0.1) is 5.41 Å². The van der Waals surface area contributed by atoms with E-state index in [4.69, 9.17) is 14.9 Å². The van der Waals surface area contributed by atoms with Gasteiger partial charge in [0.25, 0.3) is 5.91 Å². The summed E-state index contributed by atoms with van der Waals surface area (Å²) in [6.07, 6.45) is 1.91. The van der Waals surface area contributed by atoms with Crippen molar-refractivity contribution in [1.29, 1.82) is 5.41 Å². The van der Waals surface area contributed by atoms with Crippen molar-refractivity contribution < 1.29 is 23.9 Å². The number of amides is 3. The fourth-order valence-corrected chi connectivity index (χ4v) is 4.00. The number of aromatic amines is 1. The van der Waals surface area contributed by atoms with Crippen molar-refractivity contribution in [3.05, 3.63) is 35.5 Å². The van der Waals surface area contributed by atoms with Crippen LogP contribution in [-0.2, 0) is 9.47 Å². The second-order valence-electron chi connectivity index (χ2n) is 11.2. The van der Waals surface area contributed by atoms with Crippen LogP contribution in [0.3, 0.4) is 0 Å². The van der Waals surface area contributed by atoms with Crippen molar-refractivity contribution in [2.45, 2.75) is 90.5 Å². The van der Waals surface area contributed by atoms with E-state index in [1.165, 1.54) is 0 Å². The highest BCUT2D eigenvalue weighted by Gasteiger charge is 2.26. The average molecular weight is 500 g/mol. The molecule has 0 aliphatic heterocycles. The molecule has 196 valence electrons. The first-order chi connectivity index (χ1) is 16.7. The van der Waals surface area contributed by atoms with Crippen molar-refractivity contribution >= 4 is 34.8 Å². The average Bonchev–Trinajstić information content (AvgIpc) is 3.16. The molecule has 1 fully saturated rings. The van der Waals surface area contributed by atoms with E-state index in [-0.39, 0.29) is 23.8 Å². The van der Waals surface area contributed by atoms with Crippen molar-refractivity contribution in [1.82, 2.24) is 20.9 Å². The maximum absolute atomic E-state index is 12.8. The molecule has 10 nitrogen and oxygen atoms in total. The van der Waals surface area contributed by atoms with Gasteiger partial charge in [0.15, 0.2) is 0 Å². The zero-order valence-corrected chi connectivity index (χ0v) is 21.8. The molecule has 1 aliphatic carbocycles. The van der Waals surface area contributed by atoms with Gasteiger partial charge in [-0.3, -0.25) is 15.5 Å². The Morgan fingerprint density at radius 3 is 2.00 bits per heavy atom. The van der Waals surface area contributed by atoms with Crippen molar-refractivity contribution in [3.8, 4) is 0 Å². The number of amidine groups is 1. The van der Waals surface area contributed by atoms with Crippen LogP contribution in [0.15, 0.2) is 24.3 Å². The third kappa shape index (κ3) is 8.00. The first-order valence-electron chi connectivity index (χ1n) is 12.2. The number of hydrogen-bond acceptors (Lipinski definition) is 6. The van der Waals surface area contributed by atoms with Gasteiger partial charge in [-0.05, 0) is 79.4 Å². The predicted octanol–water partition coefficient (Wildman–Crippen LogP) is 4.58. The van der Waals surface area contributed by atoms with Crippen LogP contribution in [0.5, 0.6) is 0 Å². The molecule has 36 heavy (non-hydrogen) atoms. The molecule has 0 atom stereocenters. The van der Waals surface area contributed by atoms with Crippen LogP contribution in [-0.4, -0.2) is 52.2 Å². The molecule has 1 aromatic heterocycles. The lowest BCUT2D eigenvalue weighted by atomic mass is 9.91. The Balaban J connectivity index is 1.54. The van der Waals surface area contributed by atoms with E-state index in [2.05, 4.69) is 20.9 Å². The lowest BCUT2D eigenvalue weighted by Gasteiger charge is -2.30. The predicted molar refractivity (Wildman–Crippen MR) is 137 cm³/mol. The lowest BCUT2D eigenvalue weighted by molar-refractivity contribution is 0.0486. The molecule has 3 rings (SSSR count). The third-order valence-electron chi connectivity index (χ3n) is 5.56. The van der Waals surface area contributed by atoms with E-state index in [9.17, 15) is 14.4 Å². The van der Waals surface area contributed by atoms with E-state index in [1.54, 1.807) is 45.0 Å². The normalized spacial score (nSPS) is 18.3. The molecule has 2 aromatic rings. The summed E-state index contributed by atoms with van der Waals surface area (Å²) in [5.74, 6) is -0.304. The Bertz CT molecular complexity index is 1130. The van der Waals surface area contributed by atoms with Crippen molar-refractivity contribution in [2.24, 2.45) is 0 Å². The first-order valence-corrected chi connectivity index (χ1v) is 12.2. The maximum atomic E-state index is 12.8. The Kier molecular flexibility index (Phi) is 7.96. The number of rotatable bonds is 4. The molecule has 1 saturated carbocycles. The number of ether oxygens (including phenoxy) is 2. The Morgan fingerprint density at radius 2 is 1.42 bits per heavy atom. The highest BCUT2D eigenvalue weighted by molar-refractivity contribution is 6.07. The topological polar surface area (TPSA) is 145 Å². The zero-order chi connectivity index (χ0) is 26.7. The minimum atomic E-state index is -0.699. The molecule has 1 aliphatic rings. The maximum Gasteiger partial charge on any atom is 0.413 e. The number of carbonyl (C=O) groups is 3. The number of aromatic nitrogens is 1. The zero-order valence-electron chi connectivity index (χ0n) is 21.8. The monoisotopic (exact) mass is 499 g/mol. The summed E-state index contributed by atoms with van der Waals surface area (Å²) in [5, 5.41) is 17.4. The quantitative estimate of drug-likeness (QED) is 0.309. The summed E-state index contributed by atoms with van der Waals surface area (Å²) in [7, 11) is 0. The summed E-state index contributed by atoms with van der Waals surface area (Å²) >= 11 is 0. The molecule has 1 heterocycles. The summed E-state index contributed by atoms with van der Waals surface area (Å²) in [5.41, 5.74) is 0.383. The number of fused-ring (bicyclic) bond motifs is 1. The Morgan fingerprint density at radius 1 is 0.861 bits per heavy atom. The summed E-state index contributed by atoms with van der Waals surface area (Å²) < 4.78 is 10.5. The van der Waals surface area contributed by atoms with E-state index in [1.807, 2.05) is 20.8 Å². The lowest BCUT2D eigenvalue weighted by Crippen LogP contribution is -2.45. The van der Waals surface area contributed by atoms with Gasteiger partial charge in [0, 0.05) is 28.6 Å². The van der Waals surface area contributed by atoms with Crippen molar-refractivity contribution in [2.75, 3.05) is 0 Å². The van der Waals surface area contributed by atoms with Gasteiger partial charge < -0.3 is 25.1 Å². The highest BCUT2D eigenvalue weighted by Crippen LogP contribution is 2.21. The van der Waals surface area contributed by atoms with Crippen LogP contribution in [0.25, 0.3) is 10.9 Å². The number of nitrogens with one attached hydrogen (secondary N) is 5. The van der Waals surface area contributed by atoms with E-state index < -0.39 is 23.4 Å². The summed E-state index contributed by atoms with van der Waals surface area (Å²) in [4.78, 5) is 39.9. The van der Waals surface area contributed by atoms with Gasteiger partial charge in [-0.1, -0.05) is 12.1 Å². The first kappa shape index (κ1) is 27.0. The molecule has 5 N–H and O–H groups in total. The molecule has 0 bridgehead atoms. The molecule has 3 amide bonds. The van der Waals surface area contributed by atoms with Gasteiger partial charge in [0.05, 0.1) is 0 Å². The van der Waals surface area contributed by atoms with Gasteiger partial charge in [-0.25, -0.2) is 9.59 Å². The number of H-pyrrole nitrogens is 1. The molecule has 10 heteroatoms. The number of hydrogen-bond donors (Lipinski definition) is 5. The molecule has 1 aromatic carbocycles. The second kappa shape index (κ2) is 10.6. The number of alkyl carbamates (subject to hydrolysis) is 2. The molecule has 0 unspecified atom stereocenters. The second-order valence-corrected chi connectivity index (χ2v) is 11.2. The summed E-state index contributed by atoms with van der Waals surface area (Å²) in [6, 6.07) is 7.01. The summed E-state index contributed by atoms with van der Waals surface area (Å²) in [6.45, 7) is 10.7. The van der Waals surface area contributed by atoms with Gasteiger partial charge in [0.2, 0.25) is 0 Å². The van der Waals surface area contributed by atoms with E-state index in [0.717, 1.165) is 31.1 Å². The van der Waals surface area contributed by atoms with Crippen LogP contribution < -0.4 is 16.0 Å². The molecular weight excluding hydrogens is 462 g/mol. The third-order valence-corrected chi connectivity index (χ3v) is 5.56. The van der Waals surface area contributed by atoms with Crippen LogP contribution in [0.2, 0.25) is 0 Å². The Hall–Kier alpha value is -3.56. The van der Waals surface area contributed by atoms with Crippen molar-refractivity contribution in [3.63, 3.8) is 0 Å². The fourth-order valence-electron chi connectivity index (χ4n) is 4.00. The van der Waals surface area contributed by atoms with Crippen LogP contribution in [0.1, 0.15) is 83.3 Å². The minimum absolute atomic E-state index is 0.0161. The van der Waals surface area contributed by atoms with Gasteiger partial charge in [0.1, 0.15) is 22.7 Å². The largest absolute Gasteiger partial charge is 0.444 e. The molecule has 0 radical (unpaired) electrons. The van der Waals surface area contributed by atoms with Gasteiger partial charge >= 0.3 is 12.2 Å². The molecule has 0 saturated heterocycles. The minimum Gasteiger partial charge on any atom is -0.444 e. The van der Waals surface area contributed by atoms with Crippen LogP contribution in [0.4, 0.5) is 9.59 Å². The number of benzene rings is 1. The highest BCUT2D eigenvalue weighted by atomic mass is 16.6. The van der Waals surface area contributed by atoms with Gasteiger partial charge in [-0.15, -0.1) is 0 Å². The Labute approximate surface area is 211 Å². The molecule has 0 spiro atoms.